The molecule has 1 aromatic carbocycles. The molecule has 1 aromatic heterocycles. The highest BCUT2D eigenvalue weighted by Crippen LogP contribution is 2.14. The summed E-state index contributed by atoms with van der Waals surface area (Å²) in [6, 6.07) is 15.0. The van der Waals surface area contributed by atoms with Crippen LogP contribution in [0.25, 0.3) is 0 Å². The number of benzene rings is 1. The van der Waals surface area contributed by atoms with E-state index in [0.717, 1.165) is 13.1 Å². The molecule has 4 nitrogen and oxygen atoms in total. The van der Waals surface area contributed by atoms with Crippen LogP contribution in [0, 0.1) is 0 Å². The molecule has 0 unspecified atom stereocenters. The quantitative estimate of drug-likeness (QED) is 0.626. The van der Waals surface area contributed by atoms with Gasteiger partial charge >= 0.3 is 0 Å². The standard InChI is InChI=1S/C16H22N4/c1-13(2)20(11-14-6-4-3-5-7-14)12-15-8-9-18-16(10-15)19-17/h3-10,13H,11-12,17H2,1-2H3,(H,18,19). The number of pyridine rings is 1. The van der Waals surface area contributed by atoms with E-state index in [1.165, 1.54) is 11.1 Å². The molecule has 0 bridgehead atoms. The Kier molecular flexibility index (Phi) is 5.09. The second-order valence-electron chi connectivity index (χ2n) is 5.18. The minimum absolute atomic E-state index is 0.470. The van der Waals surface area contributed by atoms with E-state index in [4.69, 9.17) is 5.84 Å². The number of nitrogens with zero attached hydrogens (tertiary/aromatic N) is 2. The van der Waals surface area contributed by atoms with Crippen LogP contribution in [0.4, 0.5) is 5.82 Å². The van der Waals surface area contributed by atoms with Crippen LogP contribution in [0.3, 0.4) is 0 Å². The van der Waals surface area contributed by atoms with Gasteiger partial charge in [0.25, 0.3) is 0 Å². The van der Waals surface area contributed by atoms with Crippen LogP contribution >= 0.6 is 0 Å². The van der Waals surface area contributed by atoms with Gasteiger partial charge in [0.05, 0.1) is 0 Å². The first-order chi connectivity index (χ1) is 9.69. The van der Waals surface area contributed by atoms with Crippen molar-refractivity contribution in [3.05, 3.63) is 59.8 Å². The minimum atomic E-state index is 0.470. The van der Waals surface area contributed by atoms with E-state index in [2.05, 4.69) is 53.4 Å². The maximum atomic E-state index is 5.41. The highest BCUT2D eigenvalue weighted by molar-refractivity contribution is 5.35. The lowest BCUT2D eigenvalue weighted by Crippen LogP contribution is -2.29. The Balaban J connectivity index is 2.09. The smallest absolute Gasteiger partial charge is 0.140 e. The van der Waals surface area contributed by atoms with Crippen molar-refractivity contribution in [1.82, 2.24) is 9.88 Å². The predicted octanol–water partition coefficient (Wildman–Crippen LogP) is 2.78. The summed E-state index contributed by atoms with van der Waals surface area (Å²) < 4.78 is 0. The zero-order chi connectivity index (χ0) is 14.4. The molecule has 20 heavy (non-hydrogen) atoms. The Labute approximate surface area is 120 Å². The molecule has 106 valence electrons. The molecule has 4 heteroatoms. The van der Waals surface area contributed by atoms with Crippen molar-refractivity contribution in [2.75, 3.05) is 5.43 Å². The molecule has 0 fully saturated rings. The van der Waals surface area contributed by atoms with Crippen molar-refractivity contribution in [1.29, 1.82) is 0 Å². The van der Waals surface area contributed by atoms with Crippen molar-refractivity contribution in [3.8, 4) is 0 Å². The molecule has 1 heterocycles. The summed E-state index contributed by atoms with van der Waals surface area (Å²) in [5.41, 5.74) is 5.12. The molecule has 0 radical (unpaired) electrons. The normalized spacial score (nSPS) is 11.1. The average Bonchev–Trinajstić information content (AvgIpc) is 2.48. The molecule has 0 spiro atoms. The van der Waals surface area contributed by atoms with E-state index in [-0.39, 0.29) is 0 Å². The third-order valence-corrected chi connectivity index (χ3v) is 3.32. The highest BCUT2D eigenvalue weighted by atomic mass is 15.2. The Morgan fingerprint density at radius 3 is 2.45 bits per heavy atom. The number of hydrazine groups is 1. The van der Waals surface area contributed by atoms with Crippen LogP contribution in [0.2, 0.25) is 0 Å². The van der Waals surface area contributed by atoms with Gasteiger partial charge in [0.1, 0.15) is 5.82 Å². The molecular formula is C16H22N4. The number of nitrogens with two attached hydrogens (primary N) is 1. The number of aromatic nitrogens is 1. The third-order valence-electron chi connectivity index (χ3n) is 3.32. The van der Waals surface area contributed by atoms with E-state index < -0.39 is 0 Å². The van der Waals surface area contributed by atoms with Crippen LogP contribution < -0.4 is 11.3 Å². The maximum absolute atomic E-state index is 5.41. The van der Waals surface area contributed by atoms with Gasteiger partial charge in [-0.25, -0.2) is 10.8 Å². The van der Waals surface area contributed by atoms with Crippen LogP contribution in [-0.2, 0) is 13.1 Å². The molecule has 0 saturated carbocycles. The molecule has 2 aromatic rings. The van der Waals surface area contributed by atoms with Crippen molar-refractivity contribution in [2.45, 2.75) is 33.0 Å². The molecule has 0 saturated heterocycles. The lowest BCUT2D eigenvalue weighted by Gasteiger charge is -2.26. The maximum Gasteiger partial charge on any atom is 0.140 e. The van der Waals surface area contributed by atoms with E-state index in [9.17, 15) is 0 Å². The molecule has 0 atom stereocenters. The molecule has 0 aliphatic carbocycles. The molecular weight excluding hydrogens is 248 g/mol. The van der Waals surface area contributed by atoms with Gasteiger partial charge < -0.3 is 5.43 Å². The number of nitrogens with one attached hydrogen (secondary N) is 1. The summed E-state index contributed by atoms with van der Waals surface area (Å²) in [5.74, 6) is 6.11. The molecule has 0 aliphatic rings. The monoisotopic (exact) mass is 270 g/mol. The summed E-state index contributed by atoms with van der Waals surface area (Å²) in [7, 11) is 0. The Hall–Kier alpha value is -1.91. The average molecular weight is 270 g/mol. The largest absolute Gasteiger partial charge is 0.308 e. The number of rotatable bonds is 6. The van der Waals surface area contributed by atoms with E-state index >= 15 is 0 Å². The Morgan fingerprint density at radius 2 is 1.80 bits per heavy atom. The summed E-state index contributed by atoms with van der Waals surface area (Å²) in [5, 5.41) is 0. The number of hydrogen-bond acceptors (Lipinski definition) is 4. The zero-order valence-corrected chi connectivity index (χ0v) is 12.1. The fraction of sp³-hybridized carbons (Fsp3) is 0.312. The molecule has 0 aliphatic heterocycles. The van der Waals surface area contributed by atoms with E-state index in [1.54, 1.807) is 6.20 Å². The van der Waals surface area contributed by atoms with Crippen LogP contribution in [0.5, 0.6) is 0 Å². The van der Waals surface area contributed by atoms with Crippen molar-refractivity contribution < 1.29 is 0 Å². The predicted molar refractivity (Wildman–Crippen MR) is 82.9 cm³/mol. The molecule has 2 rings (SSSR count). The summed E-state index contributed by atoms with van der Waals surface area (Å²) in [4.78, 5) is 6.56. The number of hydrogen-bond donors (Lipinski definition) is 2. The zero-order valence-electron chi connectivity index (χ0n) is 12.1. The molecule has 0 amide bonds. The van der Waals surface area contributed by atoms with Crippen molar-refractivity contribution in [2.24, 2.45) is 5.84 Å². The second kappa shape index (κ2) is 7.03. The van der Waals surface area contributed by atoms with Gasteiger partial charge in [-0.1, -0.05) is 30.3 Å². The lowest BCUT2D eigenvalue weighted by atomic mass is 10.1. The van der Waals surface area contributed by atoms with Gasteiger partial charge in [-0.15, -0.1) is 0 Å². The fourth-order valence-electron chi connectivity index (χ4n) is 2.13. The Bertz CT molecular complexity index is 525. The summed E-state index contributed by atoms with van der Waals surface area (Å²) >= 11 is 0. The second-order valence-corrected chi connectivity index (χ2v) is 5.18. The van der Waals surface area contributed by atoms with Crippen LogP contribution in [0.1, 0.15) is 25.0 Å². The highest BCUT2D eigenvalue weighted by Gasteiger charge is 2.11. The van der Waals surface area contributed by atoms with E-state index in [1.807, 2.05) is 18.2 Å². The topological polar surface area (TPSA) is 54.2 Å². The summed E-state index contributed by atoms with van der Waals surface area (Å²) in [6.45, 7) is 6.24. The van der Waals surface area contributed by atoms with Crippen molar-refractivity contribution in [3.63, 3.8) is 0 Å². The first-order valence-corrected chi connectivity index (χ1v) is 6.88. The van der Waals surface area contributed by atoms with Crippen LogP contribution in [0.15, 0.2) is 48.7 Å². The lowest BCUT2D eigenvalue weighted by molar-refractivity contribution is 0.203. The first kappa shape index (κ1) is 14.5. The van der Waals surface area contributed by atoms with Gasteiger partial charge in [-0.2, -0.15) is 0 Å². The van der Waals surface area contributed by atoms with Gasteiger partial charge in [-0.05, 0) is 37.1 Å². The van der Waals surface area contributed by atoms with Crippen LogP contribution in [-0.4, -0.2) is 15.9 Å². The molecule has 3 N–H and O–H groups in total. The SMILES string of the molecule is CC(C)N(Cc1ccccc1)Cc1ccnc(NN)c1. The summed E-state index contributed by atoms with van der Waals surface area (Å²) in [6.07, 6.45) is 1.78. The Morgan fingerprint density at radius 1 is 1.10 bits per heavy atom. The first-order valence-electron chi connectivity index (χ1n) is 6.88. The van der Waals surface area contributed by atoms with Gasteiger partial charge in [-0.3, -0.25) is 4.90 Å². The number of nitrogen functional groups attached to an aromatic ring is 1. The van der Waals surface area contributed by atoms with Gasteiger partial charge in [0.2, 0.25) is 0 Å². The number of anilines is 1. The van der Waals surface area contributed by atoms with Crippen molar-refractivity contribution >= 4 is 5.82 Å². The van der Waals surface area contributed by atoms with Gasteiger partial charge in [0, 0.05) is 25.3 Å². The van der Waals surface area contributed by atoms with E-state index in [0.29, 0.717) is 11.9 Å². The van der Waals surface area contributed by atoms with Gasteiger partial charge in [0.15, 0.2) is 0 Å². The minimum Gasteiger partial charge on any atom is -0.308 e. The third kappa shape index (κ3) is 4.05. The fourth-order valence-corrected chi connectivity index (χ4v) is 2.13.